The fourth-order valence-corrected chi connectivity index (χ4v) is 1.87. The smallest absolute Gasteiger partial charge is 0.419 e. The second kappa shape index (κ2) is 5.43. The number of carboxylic acid groups (broad SMARTS) is 1. The van der Waals surface area contributed by atoms with Gasteiger partial charge in [0.1, 0.15) is 5.82 Å². The van der Waals surface area contributed by atoms with Gasteiger partial charge in [-0.05, 0) is 23.8 Å². The number of nitrogens with one attached hydrogen (secondary N) is 1. The van der Waals surface area contributed by atoms with Crippen LogP contribution in [0.15, 0.2) is 42.5 Å². The molecule has 0 heterocycles. The molecule has 0 saturated heterocycles. The van der Waals surface area contributed by atoms with Crippen molar-refractivity contribution in [2.45, 2.75) is 6.18 Å². The highest BCUT2D eigenvalue weighted by molar-refractivity contribution is 5.90. The highest BCUT2D eigenvalue weighted by Crippen LogP contribution is 2.36. The minimum Gasteiger partial charge on any atom is -0.465 e. The van der Waals surface area contributed by atoms with Crippen molar-refractivity contribution in [3.05, 3.63) is 53.8 Å². The van der Waals surface area contributed by atoms with Gasteiger partial charge in [-0.25, -0.2) is 9.18 Å². The monoisotopic (exact) mass is 299 g/mol. The lowest BCUT2D eigenvalue weighted by molar-refractivity contribution is -0.139. The maximum absolute atomic E-state index is 13.3. The molecule has 0 bridgehead atoms. The lowest BCUT2D eigenvalue weighted by Crippen LogP contribution is -2.10. The third-order valence-electron chi connectivity index (χ3n) is 2.75. The summed E-state index contributed by atoms with van der Waals surface area (Å²) in [6.45, 7) is 0. The molecular weight excluding hydrogens is 290 g/mol. The molecule has 2 aromatic rings. The average molecular weight is 299 g/mol. The largest absolute Gasteiger partial charge is 0.465 e. The molecule has 2 rings (SSSR count). The Balaban J connectivity index is 2.55. The molecule has 2 aromatic carbocycles. The Labute approximate surface area is 116 Å². The van der Waals surface area contributed by atoms with Crippen LogP contribution in [0.25, 0.3) is 11.1 Å². The zero-order chi connectivity index (χ0) is 15.6. The van der Waals surface area contributed by atoms with Crippen LogP contribution >= 0.6 is 0 Å². The molecule has 0 atom stereocenters. The summed E-state index contributed by atoms with van der Waals surface area (Å²) in [7, 11) is 0. The predicted molar refractivity (Wildman–Crippen MR) is 68.5 cm³/mol. The Morgan fingerprint density at radius 2 is 1.76 bits per heavy atom. The molecule has 1 amide bonds. The van der Waals surface area contributed by atoms with Gasteiger partial charge in [0.15, 0.2) is 0 Å². The molecule has 0 unspecified atom stereocenters. The summed E-state index contributed by atoms with van der Waals surface area (Å²) >= 11 is 0. The number of para-hydroxylation sites is 1. The standard InChI is InChI=1S/C14H9F4NO2/c15-11-6-5-8(7-10(11)14(16,17)18)9-3-1-2-4-12(9)19-13(20)21/h1-7,19H,(H,20,21). The molecule has 0 aliphatic carbocycles. The summed E-state index contributed by atoms with van der Waals surface area (Å²) in [6.07, 6.45) is -6.17. The van der Waals surface area contributed by atoms with Crippen molar-refractivity contribution in [1.82, 2.24) is 0 Å². The molecule has 0 aliphatic rings. The number of hydrogen-bond donors (Lipinski definition) is 2. The first-order valence-electron chi connectivity index (χ1n) is 5.75. The third kappa shape index (κ3) is 3.31. The third-order valence-corrected chi connectivity index (χ3v) is 2.75. The summed E-state index contributed by atoms with van der Waals surface area (Å²) in [5.41, 5.74) is -0.992. The van der Waals surface area contributed by atoms with Crippen molar-refractivity contribution in [2.24, 2.45) is 0 Å². The fraction of sp³-hybridized carbons (Fsp3) is 0.0714. The van der Waals surface area contributed by atoms with Gasteiger partial charge >= 0.3 is 12.3 Å². The van der Waals surface area contributed by atoms with Gasteiger partial charge in [-0.2, -0.15) is 13.2 Å². The first-order chi connectivity index (χ1) is 9.79. The van der Waals surface area contributed by atoms with E-state index in [0.29, 0.717) is 12.1 Å². The molecule has 0 spiro atoms. The van der Waals surface area contributed by atoms with Crippen molar-refractivity contribution < 1.29 is 27.5 Å². The molecule has 7 heteroatoms. The molecule has 0 saturated carbocycles. The molecular formula is C14H9F4NO2. The number of hydrogen-bond acceptors (Lipinski definition) is 1. The number of amides is 1. The summed E-state index contributed by atoms with van der Waals surface area (Å²) < 4.78 is 51.4. The van der Waals surface area contributed by atoms with Crippen molar-refractivity contribution >= 4 is 11.8 Å². The number of carbonyl (C=O) groups is 1. The number of halogens is 4. The molecule has 0 fully saturated rings. The topological polar surface area (TPSA) is 49.3 Å². The maximum Gasteiger partial charge on any atom is 0.419 e. The molecule has 0 radical (unpaired) electrons. The second-order valence-corrected chi connectivity index (χ2v) is 4.17. The SMILES string of the molecule is O=C(O)Nc1ccccc1-c1ccc(F)c(C(F)(F)F)c1. The van der Waals surface area contributed by atoms with E-state index in [2.05, 4.69) is 5.32 Å². The van der Waals surface area contributed by atoms with Gasteiger partial charge in [0, 0.05) is 5.56 Å². The van der Waals surface area contributed by atoms with E-state index in [1.165, 1.54) is 18.2 Å². The number of rotatable bonds is 2. The van der Waals surface area contributed by atoms with E-state index in [-0.39, 0.29) is 16.8 Å². The average Bonchev–Trinajstić information content (AvgIpc) is 2.38. The lowest BCUT2D eigenvalue weighted by atomic mass is 10.0. The maximum atomic E-state index is 13.3. The van der Waals surface area contributed by atoms with Crippen LogP contribution in [0.4, 0.5) is 28.0 Å². The molecule has 2 N–H and O–H groups in total. The van der Waals surface area contributed by atoms with Crippen LogP contribution in [0.5, 0.6) is 0 Å². The van der Waals surface area contributed by atoms with Gasteiger partial charge in [0.2, 0.25) is 0 Å². The highest BCUT2D eigenvalue weighted by atomic mass is 19.4. The summed E-state index contributed by atoms with van der Waals surface area (Å²) in [6, 6.07) is 8.43. The van der Waals surface area contributed by atoms with Crippen molar-refractivity contribution in [3.8, 4) is 11.1 Å². The Hall–Kier alpha value is -2.57. The first kappa shape index (κ1) is 14.8. The summed E-state index contributed by atoms with van der Waals surface area (Å²) in [5, 5.41) is 10.8. The van der Waals surface area contributed by atoms with Crippen LogP contribution in [0.1, 0.15) is 5.56 Å². The molecule has 0 aromatic heterocycles. The van der Waals surface area contributed by atoms with Crippen LogP contribution in [-0.2, 0) is 6.18 Å². The number of benzene rings is 2. The quantitative estimate of drug-likeness (QED) is 0.796. The van der Waals surface area contributed by atoms with Crippen LogP contribution in [0, 0.1) is 5.82 Å². The van der Waals surface area contributed by atoms with Gasteiger partial charge in [-0.1, -0.05) is 24.3 Å². The summed E-state index contributed by atoms with van der Waals surface area (Å²) in [4.78, 5) is 10.7. The molecule has 21 heavy (non-hydrogen) atoms. The second-order valence-electron chi connectivity index (χ2n) is 4.17. The van der Waals surface area contributed by atoms with E-state index < -0.39 is 23.7 Å². The van der Waals surface area contributed by atoms with Gasteiger partial charge in [-0.3, -0.25) is 5.32 Å². The molecule has 0 aliphatic heterocycles. The Morgan fingerprint density at radius 1 is 1.10 bits per heavy atom. The van der Waals surface area contributed by atoms with Crippen LogP contribution in [0.2, 0.25) is 0 Å². The minimum atomic E-state index is -4.82. The predicted octanol–water partition coefficient (Wildman–Crippen LogP) is 4.60. The highest BCUT2D eigenvalue weighted by Gasteiger charge is 2.34. The van der Waals surface area contributed by atoms with E-state index in [1.807, 2.05) is 0 Å². The molecule has 110 valence electrons. The number of alkyl halides is 3. The normalized spacial score (nSPS) is 11.2. The minimum absolute atomic E-state index is 0.0630. The Bertz CT molecular complexity index is 683. The zero-order valence-corrected chi connectivity index (χ0v) is 10.4. The number of anilines is 1. The van der Waals surface area contributed by atoms with Crippen LogP contribution in [0.3, 0.4) is 0 Å². The Kier molecular flexibility index (Phi) is 3.84. The van der Waals surface area contributed by atoms with Gasteiger partial charge in [0.05, 0.1) is 11.3 Å². The molecule has 3 nitrogen and oxygen atoms in total. The van der Waals surface area contributed by atoms with E-state index in [4.69, 9.17) is 5.11 Å². The lowest BCUT2D eigenvalue weighted by Gasteiger charge is -2.13. The summed E-state index contributed by atoms with van der Waals surface area (Å²) in [5.74, 6) is -1.38. The van der Waals surface area contributed by atoms with E-state index >= 15 is 0 Å². The van der Waals surface area contributed by atoms with Gasteiger partial charge in [0.25, 0.3) is 0 Å². The zero-order valence-electron chi connectivity index (χ0n) is 10.4. The first-order valence-corrected chi connectivity index (χ1v) is 5.75. The van der Waals surface area contributed by atoms with Crippen LogP contribution in [-0.4, -0.2) is 11.2 Å². The van der Waals surface area contributed by atoms with Gasteiger partial charge < -0.3 is 5.11 Å². The van der Waals surface area contributed by atoms with E-state index in [1.54, 1.807) is 6.07 Å². The fourth-order valence-electron chi connectivity index (χ4n) is 1.87. The van der Waals surface area contributed by atoms with E-state index in [9.17, 15) is 22.4 Å². The van der Waals surface area contributed by atoms with Crippen molar-refractivity contribution in [3.63, 3.8) is 0 Å². The van der Waals surface area contributed by atoms with Crippen LogP contribution < -0.4 is 5.32 Å². The van der Waals surface area contributed by atoms with Crippen molar-refractivity contribution in [2.75, 3.05) is 5.32 Å². The Morgan fingerprint density at radius 3 is 2.38 bits per heavy atom. The van der Waals surface area contributed by atoms with E-state index in [0.717, 1.165) is 6.07 Å². The van der Waals surface area contributed by atoms with Crippen molar-refractivity contribution in [1.29, 1.82) is 0 Å². The van der Waals surface area contributed by atoms with Gasteiger partial charge in [-0.15, -0.1) is 0 Å².